The molecule has 1 aliphatic rings. The fourth-order valence-corrected chi connectivity index (χ4v) is 4.17. The monoisotopic (exact) mass is 440 g/mol. The Morgan fingerprint density at radius 2 is 1.90 bits per heavy atom. The van der Waals surface area contributed by atoms with Gasteiger partial charge in [-0.05, 0) is 48.6 Å². The van der Waals surface area contributed by atoms with Crippen LogP contribution in [0, 0.1) is 11.7 Å². The largest absolute Gasteiger partial charge is 0.496 e. The molecule has 0 aromatic heterocycles. The van der Waals surface area contributed by atoms with E-state index in [0.29, 0.717) is 30.7 Å². The summed E-state index contributed by atoms with van der Waals surface area (Å²) in [6.07, 6.45) is 1.33. The number of ether oxygens (including phenoxy) is 1. The fraction of sp³-hybridized carbons (Fsp3) is 0.250. The number of piperidine rings is 1. The number of amides is 2. The summed E-state index contributed by atoms with van der Waals surface area (Å²) < 4.78 is 19.5. The molecular formula is C24H22ClFN2O3. The summed E-state index contributed by atoms with van der Waals surface area (Å²) in [5, 5.41) is 4.55. The number of hydrogen-bond donors (Lipinski definition) is 1. The standard InChI is InChI=1S/C24H22ClFN2O3/c1-31-22-11-9-19(17-6-2-3-7-18(17)22)24(30)28-12-4-5-15(14-28)23(29)27-21-10-8-16(25)13-20(21)26/h2-3,6-11,13,15H,4-5,12,14H2,1H3,(H,27,29). The highest BCUT2D eigenvalue weighted by Gasteiger charge is 2.30. The lowest BCUT2D eigenvalue weighted by Crippen LogP contribution is -2.43. The van der Waals surface area contributed by atoms with Crippen LogP contribution in [0.2, 0.25) is 5.02 Å². The second kappa shape index (κ2) is 8.94. The highest BCUT2D eigenvalue weighted by molar-refractivity contribution is 6.30. The molecule has 0 aliphatic carbocycles. The molecule has 1 aliphatic heterocycles. The number of nitrogens with zero attached hydrogens (tertiary/aromatic N) is 1. The van der Waals surface area contributed by atoms with Crippen LogP contribution in [0.5, 0.6) is 5.75 Å². The van der Waals surface area contributed by atoms with E-state index in [-0.39, 0.29) is 29.1 Å². The number of nitrogens with one attached hydrogen (secondary N) is 1. The van der Waals surface area contributed by atoms with Crippen molar-refractivity contribution in [1.29, 1.82) is 0 Å². The number of halogens is 2. The van der Waals surface area contributed by atoms with Gasteiger partial charge >= 0.3 is 0 Å². The van der Waals surface area contributed by atoms with E-state index in [1.807, 2.05) is 24.3 Å². The van der Waals surface area contributed by atoms with Crippen molar-refractivity contribution in [1.82, 2.24) is 4.90 Å². The Labute approximate surface area is 184 Å². The molecule has 1 saturated heterocycles. The second-order valence-corrected chi connectivity index (χ2v) is 8.00. The van der Waals surface area contributed by atoms with E-state index >= 15 is 0 Å². The van der Waals surface area contributed by atoms with Crippen LogP contribution in [-0.4, -0.2) is 36.9 Å². The Morgan fingerprint density at radius 1 is 1.13 bits per heavy atom. The zero-order chi connectivity index (χ0) is 22.0. The predicted molar refractivity (Wildman–Crippen MR) is 119 cm³/mol. The minimum atomic E-state index is -0.589. The van der Waals surface area contributed by atoms with Gasteiger partial charge in [-0.15, -0.1) is 0 Å². The van der Waals surface area contributed by atoms with Crippen molar-refractivity contribution >= 4 is 39.9 Å². The van der Waals surface area contributed by atoms with Gasteiger partial charge in [0, 0.05) is 29.1 Å². The summed E-state index contributed by atoms with van der Waals surface area (Å²) >= 11 is 5.77. The molecule has 2 amide bonds. The summed E-state index contributed by atoms with van der Waals surface area (Å²) in [4.78, 5) is 27.7. The van der Waals surface area contributed by atoms with Gasteiger partial charge in [0.25, 0.3) is 5.91 Å². The van der Waals surface area contributed by atoms with E-state index in [2.05, 4.69) is 5.32 Å². The fourth-order valence-electron chi connectivity index (χ4n) is 4.01. The van der Waals surface area contributed by atoms with Gasteiger partial charge < -0.3 is 15.0 Å². The molecular weight excluding hydrogens is 419 g/mol. The average Bonchev–Trinajstić information content (AvgIpc) is 2.79. The van der Waals surface area contributed by atoms with Gasteiger partial charge in [-0.25, -0.2) is 4.39 Å². The van der Waals surface area contributed by atoms with Crippen molar-refractivity contribution in [3.63, 3.8) is 0 Å². The van der Waals surface area contributed by atoms with Crippen LogP contribution in [0.25, 0.3) is 10.8 Å². The third-order valence-electron chi connectivity index (χ3n) is 5.60. The molecule has 0 radical (unpaired) electrons. The number of likely N-dealkylation sites (tertiary alicyclic amines) is 1. The molecule has 0 bridgehead atoms. The molecule has 3 aromatic carbocycles. The predicted octanol–water partition coefficient (Wildman–Crippen LogP) is 5.13. The maximum Gasteiger partial charge on any atom is 0.254 e. The molecule has 7 heteroatoms. The smallest absolute Gasteiger partial charge is 0.254 e. The van der Waals surface area contributed by atoms with Crippen LogP contribution >= 0.6 is 11.6 Å². The third kappa shape index (κ3) is 4.35. The molecule has 1 atom stereocenters. The van der Waals surface area contributed by atoms with Gasteiger partial charge in [0.1, 0.15) is 11.6 Å². The minimum Gasteiger partial charge on any atom is -0.496 e. The summed E-state index contributed by atoms with van der Waals surface area (Å²) in [5.74, 6) is -0.744. The Bertz CT molecular complexity index is 1150. The Morgan fingerprint density at radius 3 is 2.65 bits per heavy atom. The highest BCUT2D eigenvalue weighted by Crippen LogP contribution is 2.30. The number of rotatable bonds is 4. The Kier molecular flexibility index (Phi) is 6.09. The first-order chi connectivity index (χ1) is 15.0. The van der Waals surface area contributed by atoms with Crippen LogP contribution < -0.4 is 10.1 Å². The van der Waals surface area contributed by atoms with Crippen LogP contribution in [0.1, 0.15) is 23.2 Å². The molecule has 5 nitrogen and oxygen atoms in total. The molecule has 1 N–H and O–H groups in total. The zero-order valence-electron chi connectivity index (χ0n) is 17.0. The quantitative estimate of drug-likeness (QED) is 0.611. The van der Waals surface area contributed by atoms with Gasteiger partial charge in [-0.1, -0.05) is 35.9 Å². The molecule has 1 fully saturated rings. The van der Waals surface area contributed by atoms with E-state index < -0.39 is 11.7 Å². The number of methoxy groups -OCH3 is 1. The summed E-state index contributed by atoms with van der Waals surface area (Å²) in [6.45, 7) is 0.846. The van der Waals surface area contributed by atoms with E-state index in [9.17, 15) is 14.0 Å². The normalized spacial score (nSPS) is 16.2. The number of hydrogen-bond acceptors (Lipinski definition) is 3. The van der Waals surface area contributed by atoms with Crippen LogP contribution in [-0.2, 0) is 4.79 Å². The van der Waals surface area contributed by atoms with Crippen molar-refractivity contribution in [3.05, 3.63) is 71.0 Å². The van der Waals surface area contributed by atoms with Crippen molar-refractivity contribution in [3.8, 4) is 5.75 Å². The van der Waals surface area contributed by atoms with Gasteiger partial charge in [-0.2, -0.15) is 0 Å². The summed E-state index contributed by atoms with van der Waals surface area (Å²) in [6, 6.07) is 15.2. The summed E-state index contributed by atoms with van der Waals surface area (Å²) in [7, 11) is 1.60. The van der Waals surface area contributed by atoms with Crippen LogP contribution in [0.4, 0.5) is 10.1 Å². The molecule has 4 rings (SSSR count). The molecule has 0 spiro atoms. The van der Waals surface area contributed by atoms with Crippen LogP contribution in [0.3, 0.4) is 0 Å². The third-order valence-corrected chi connectivity index (χ3v) is 5.84. The van der Waals surface area contributed by atoms with Gasteiger partial charge in [-0.3, -0.25) is 9.59 Å². The topological polar surface area (TPSA) is 58.6 Å². The van der Waals surface area contributed by atoms with E-state index in [0.717, 1.165) is 16.8 Å². The van der Waals surface area contributed by atoms with Crippen molar-refractivity contribution < 1.29 is 18.7 Å². The van der Waals surface area contributed by atoms with Gasteiger partial charge in [0.2, 0.25) is 5.91 Å². The Hall–Kier alpha value is -3.12. The molecule has 160 valence electrons. The van der Waals surface area contributed by atoms with Gasteiger partial charge in [0.15, 0.2) is 0 Å². The SMILES string of the molecule is COc1ccc(C(=O)N2CCCC(C(=O)Nc3ccc(Cl)cc3F)C2)c2ccccc12. The molecule has 0 saturated carbocycles. The van der Waals surface area contributed by atoms with Gasteiger partial charge in [0.05, 0.1) is 18.7 Å². The minimum absolute atomic E-state index is 0.0824. The number of fused-ring (bicyclic) bond motifs is 1. The first kappa shape index (κ1) is 21.1. The lowest BCUT2D eigenvalue weighted by atomic mass is 9.95. The van der Waals surface area contributed by atoms with Crippen molar-refractivity contribution in [2.45, 2.75) is 12.8 Å². The zero-order valence-corrected chi connectivity index (χ0v) is 17.8. The number of carbonyl (C=O) groups excluding carboxylic acids is 2. The number of anilines is 1. The van der Waals surface area contributed by atoms with E-state index in [1.165, 1.54) is 12.1 Å². The molecule has 1 unspecified atom stereocenters. The lowest BCUT2D eigenvalue weighted by Gasteiger charge is -2.32. The molecule has 1 heterocycles. The number of benzene rings is 3. The average molecular weight is 441 g/mol. The first-order valence-electron chi connectivity index (χ1n) is 10.1. The van der Waals surface area contributed by atoms with E-state index in [1.54, 1.807) is 24.1 Å². The maximum absolute atomic E-state index is 14.0. The van der Waals surface area contributed by atoms with Crippen LogP contribution in [0.15, 0.2) is 54.6 Å². The van der Waals surface area contributed by atoms with E-state index in [4.69, 9.17) is 16.3 Å². The maximum atomic E-state index is 14.0. The first-order valence-corrected chi connectivity index (χ1v) is 10.5. The van der Waals surface area contributed by atoms with Crippen molar-refractivity contribution in [2.75, 3.05) is 25.5 Å². The highest BCUT2D eigenvalue weighted by atomic mass is 35.5. The lowest BCUT2D eigenvalue weighted by molar-refractivity contribution is -0.121. The Balaban J connectivity index is 1.53. The summed E-state index contributed by atoms with van der Waals surface area (Å²) in [5.41, 5.74) is 0.653. The molecule has 3 aromatic rings. The number of carbonyl (C=O) groups is 2. The second-order valence-electron chi connectivity index (χ2n) is 7.56. The molecule has 31 heavy (non-hydrogen) atoms. The van der Waals surface area contributed by atoms with Crippen molar-refractivity contribution in [2.24, 2.45) is 5.92 Å².